The highest BCUT2D eigenvalue weighted by atomic mass is 32.2. The Hall–Kier alpha value is -1.79. The third-order valence-electron chi connectivity index (χ3n) is 8.11. The summed E-state index contributed by atoms with van der Waals surface area (Å²) in [6, 6.07) is 15.8. The lowest BCUT2D eigenvalue weighted by molar-refractivity contribution is -0.134. The molecule has 2 fully saturated rings. The molecule has 0 radical (unpaired) electrons. The van der Waals surface area contributed by atoms with Crippen LogP contribution in [0.5, 0.6) is 0 Å². The monoisotopic (exact) mass is 616 g/mol. The molecule has 2 saturated heterocycles. The molecule has 0 aromatic heterocycles. The Balaban J connectivity index is 1.88. The van der Waals surface area contributed by atoms with Crippen LogP contribution in [0.15, 0.2) is 47.4 Å². The maximum absolute atomic E-state index is 13.2. The first kappa shape index (κ1) is 32.1. The van der Waals surface area contributed by atoms with Crippen molar-refractivity contribution >= 4 is 40.7 Å². The normalized spacial score (nSPS) is 30.6. The van der Waals surface area contributed by atoms with Crippen LogP contribution >= 0.6 is 11.8 Å². The number of hydrogen-bond donors (Lipinski definition) is 1. The van der Waals surface area contributed by atoms with Crippen LogP contribution in [0.2, 0.25) is 24.2 Å². The third kappa shape index (κ3) is 6.90. The minimum Gasteiger partial charge on any atom is -0.414 e. The van der Waals surface area contributed by atoms with Gasteiger partial charge in [-0.2, -0.15) is 5.26 Å². The van der Waals surface area contributed by atoms with Gasteiger partial charge in [0, 0.05) is 11.0 Å². The van der Waals surface area contributed by atoms with E-state index in [1.807, 2.05) is 30.3 Å². The lowest BCUT2D eigenvalue weighted by atomic mass is 9.83. The predicted octanol–water partition coefficient (Wildman–Crippen LogP) is 5.98. The minimum absolute atomic E-state index is 0.0964. The molecule has 3 heterocycles. The van der Waals surface area contributed by atoms with Gasteiger partial charge in [0.1, 0.15) is 6.10 Å². The highest BCUT2D eigenvalue weighted by Gasteiger charge is 2.65. The zero-order chi connectivity index (χ0) is 29.5. The summed E-state index contributed by atoms with van der Waals surface area (Å²) in [6.45, 7) is 8.97. The van der Waals surface area contributed by atoms with Crippen LogP contribution < -0.4 is 5.32 Å². The van der Waals surface area contributed by atoms with Crippen molar-refractivity contribution < 1.29 is 27.3 Å². The maximum atomic E-state index is 13.2. The van der Waals surface area contributed by atoms with E-state index in [1.54, 1.807) is 6.08 Å². The summed E-state index contributed by atoms with van der Waals surface area (Å²) in [5, 5.41) is 12.7. The summed E-state index contributed by atoms with van der Waals surface area (Å²) in [4.78, 5) is 26.2. The van der Waals surface area contributed by atoms with Gasteiger partial charge >= 0.3 is 17.1 Å². The van der Waals surface area contributed by atoms with Crippen molar-refractivity contribution in [2.24, 2.45) is 5.92 Å². The predicted molar refractivity (Wildman–Crippen MR) is 164 cm³/mol. The Morgan fingerprint density at radius 2 is 1.61 bits per heavy atom. The van der Waals surface area contributed by atoms with Crippen LogP contribution in [-0.4, -0.2) is 58.6 Å². The Morgan fingerprint density at radius 3 is 2.20 bits per heavy atom. The van der Waals surface area contributed by atoms with Crippen molar-refractivity contribution in [3.05, 3.63) is 42.5 Å². The summed E-state index contributed by atoms with van der Waals surface area (Å²) >= 11 is 1.54. The van der Waals surface area contributed by atoms with Crippen molar-refractivity contribution in [3.63, 3.8) is 0 Å². The molecule has 11 heteroatoms. The first-order valence-electron chi connectivity index (χ1n) is 15.1. The molecule has 4 rings (SSSR count). The number of carbonyl (C=O) groups is 2. The fourth-order valence-corrected chi connectivity index (χ4v) is 18.3. The molecule has 1 aromatic rings. The van der Waals surface area contributed by atoms with Gasteiger partial charge in [0.25, 0.3) is 0 Å². The summed E-state index contributed by atoms with van der Waals surface area (Å²) in [5.41, 5.74) is 0. The van der Waals surface area contributed by atoms with Gasteiger partial charge in [0.15, 0.2) is 0 Å². The number of nitrogens with one attached hydrogen (secondary N) is 1. The lowest BCUT2D eigenvalue weighted by Gasteiger charge is -2.48. The van der Waals surface area contributed by atoms with E-state index in [-0.39, 0.29) is 13.0 Å². The molecular weight excluding hydrogens is 573 g/mol. The fraction of sp³-hybridized carbons (Fsp3) is 0.633. The third-order valence-corrected chi connectivity index (χ3v) is 19.0. The van der Waals surface area contributed by atoms with E-state index in [0.29, 0.717) is 0 Å². The number of fused-ring (bicyclic) bond motifs is 1. The number of imide groups is 1. The van der Waals surface area contributed by atoms with E-state index in [0.717, 1.165) is 54.8 Å². The Labute approximate surface area is 251 Å². The number of rotatable bonds is 12. The number of thioether (sulfide) groups is 1. The van der Waals surface area contributed by atoms with E-state index in [1.165, 1.54) is 17.8 Å². The second-order valence-electron chi connectivity index (χ2n) is 11.3. The van der Waals surface area contributed by atoms with Crippen LogP contribution in [0.4, 0.5) is 0 Å². The van der Waals surface area contributed by atoms with Crippen LogP contribution in [0, 0.1) is 17.2 Å². The number of ether oxygens (including phenoxy) is 1. The van der Waals surface area contributed by atoms with Crippen LogP contribution in [-0.2, 0) is 27.3 Å². The molecule has 1 aromatic carbocycles. The van der Waals surface area contributed by atoms with E-state index in [4.69, 9.17) is 17.7 Å². The van der Waals surface area contributed by atoms with E-state index in [2.05, 4.69) is 39.1 Å². The van der Waals surface area contributed by atoms with E-state index in [9.17, 15) is 14.9 Å². The van der Waals surface area contributed by atoms with Gasteiger partial charge in [-0.1, -0.05) is 77.7 Å². The smallest absolute Gasteiger partial charge is 0.329 e. The molecule has 0 aliphatic carbocycles. The van der Waals surface area contributed by atoms with Crippen molar-refractivity contribution in [2.45, 2.75) is 112 Å². The Kier molecular flexibility index (Phi) is 11.1. The quantitative estimate of drug-likeness (QED) is 0.226. The molecule has 0 spiro atoms. The summed E-state index contributed by atoms with van der Waals surface area (Å²) < 4.78 is 27.5. The highest BCUT2D eigenvalue weighted by Crippen LogP contribution is 2.54. The molecule has 1 N–H and O–H groups in total. The number of nitrogens with zero attached hydrogens (tertiary/aromatic N) is 1. The first-order valence-corrected chi connectivity index (χ1v) is 20.4. The minimum atomic E-state index is -2.84. The average Bonchev–Trinajstić information content (AvgIpc) is 3.19. The van der Waals surface area contributed by atoms with Gasteiger partial charge in [0.2, 0.25) is 11.8 Å². The van der Waals surface area contributed by atoms with Crippen LogP contribution in [0.25, 0.3) is 0 Å². The van der Waals surface area contributed by atoms with Crippen molar-refractivity contribution in [2.75, 3.05) is 6.61 Å². The number of carbonyl (C=O) groups excluding carboxylic acids is 2. The molecule has 0 saturated carbocycles. The average molecular weight is 617 g/mol. The molecule has 1 unspecified atom stereocenters. The molecule has 0 bridgehead atoms. The zero-order valence-electron chi connectivity index (χ0n) is 24.7. The second-order valence-corrected chi connectivity index (χ2v) is 19.7. The van der Waals surface area contributed by atoms with Crippen molar-refractivity contribution in [1.29, 1.82) is 5.26 Å². The van der Waals surface area contributed by atoms with Gasteiger partial charge in [-0.25, -0.2) is 0 Å². The number of nitriles is 1. The second kappa shape index (κ2) is 14.1. The SMILES string of the molecule is CCC[Si]1(CCC)OC[C@H]2O[C@@H](C3C=CC(=O)NC3=O)[C@@](CC#N)(Sc3ccccc3)[C@@H]2O[Si](CCC)(CCC)O1. The fourth-order valence-electron chi connectivity index (χ4n) is 6.59. The summed E-state index contributed by atoms with van der Waals surface area (Å²) in [5.74, 6) is -1.62. The van der Waals surface area contributed by atoms with Gasteiger partial charge in [-0.3, -0.25) is 14.9 Å². The Morgan fingerprint density at radius 1 is 0.976 bits per heavy atom. The molecule has 2 amide bonds. The van der Waals surface area contributed by atoms with Gasteiger partial charge in [-0.15, -0.1) is 11.8 Å². The zero-order valence-corrected chi connectivity index (χ0v) is 27.5. The van der Waals surface area contributed by atoms with Crippen molar-refractivity contribution in [1.82, 2.24) is 5.32 Å². The lowest BCUT2D eigenvalue weighted by Crippen LogP contribution is -2.63. The van der Waals surface area contributed by atoms with Gasteiger partial charge < -0.3 is 17.7 Å². The van der Waals surface area contributed by atoms with Gasteiger partial charge in [0.05, 0.1) is 42.0 Å². The number of amides is 2. The highest BCUT2D eigenvalue weighted by molar-refractivity contribution is 8.00. The molecule has 3 aliphatic heterocycles. The Bertz CT molecular complexity index is 1120. The van der Waals surface area contributed by atoms with E-state index < -0.39 is 57.9 Å². The molecule has 8 nitrogen and oxygen atoms in total. The molecule has 224 valence electrons. The number of benzene rings is 1. The largest absolute Gasteiger partial charge is 0.414 e. The number of hydrogen-bond acceptors (Lipinski definition) is 8. The van der Waals surface area contributed by atoms with Crippen LogP contribution in [0.3, 0.4) is 0 Å². The van der Waals surface area contributed by atoms with Crippen LogP contribution in [0.1, 0.15) is 59.8 Å². The maximum Gasteiger partial charge on any atom is 0.329 e. The van der Waals surface area contributed by atoms with Crippen molar-refractivity contribution in [3.8, 4) is 6.07 Å². The summed E-state index contributed by atoms with van der Waals surface area (Å²) in [7, 11) is -5.45. The molecule has 5 atom stereocenters. The topological polar surface area (TPSA) is 107 Å². The first-order chi connectivity index (χ1) is 19.8. The molecule has 3 aliphatic rings. The standard InChI is InChI=1S/C30H44N2O6SSi2/c1-5-18-40(19-6-2)35-22-25-28(37-41(38-40,20-7-3)21-8-4)30(16-17-31,39-23-12-10-9-11-13-23)27(36-25)24-14-15-26(33)32-29(24)34/h9-15,24-25,27-28H,5-8,16,18-22H2,1-4H3,(H,32,33,34)/t24?,25-,27+,28-,30-/m1/s1. The van der Waals surface area contributed by atoms with Gasteiger partial charge in [-0.05, 0) is 36.3 Å². The van der Waals surface area contributed by atoms with E-state index >= 15 is 0 Å². The molecular formula is C30H44N2O6SSi2. The summed E-state index contributed by atoms with van der Waals surface area (Å²) in [6.07, 6.45) is 5.16. The molecule has 41 heavy (non-hydrogen) atoms.